The van der Waals surface area contributed by atoms with Gasteiger partial charge in [-0.15, -0.1) is 0 Å². The number of ketones is 1. The molecule has 1 spiro atoms. The van der Waals surface area contributed by atoms with E-state index in [9.17, 15) is 4.79 Å². The maximum Gasteiger partial charge on any atom is 0.143 e. The van der Waals surface area contributed by atoms with Gasteiger partial charge in [0.15, 0.2) is 0 Å². The van der Waals surface area contributed by atoms with E-state index in [1.807, 2.05) is 0 Å². The first-order valence-corrected chi connectivity index (χ1v) is 6.53. The first-order valence-electron chi connectivity index (χ1n) is 6.53. The minimum absolute atomic E-state index is 0.151. The van der Waals surface area contributed by atoms with Crippen LogP contribution in [-0.2, 0) is 16.6 Å². The van der Waals surface area contributed by atoms with Gasteiger partial charge in [0.25, 0.3) is 0 Å². The molecule has 3 rings (SSSR count). The van der Waals surface area contributed by atoms with Crippen LogP contribution in [0.4, 0.5) is 0 Å². The Labute approximate surface area is 103 Å². The van der Waals surface area contributed by atoms with Gasteiger partial charge in [-0.25, -0.2) is 0 Å². The van der Waals surface area contributed by atoms with Crippen molar-refractivity contribution in [3.63, 3.8) is 0 Å². The van der Waals surface area contributed by atoms with Crippen molar-refractivity contribution in [3.05, 3.63) is 35.4 Å². The van der Waals surface area contributed by atoms with Crippen molar-refractivity contribution < 1.29 is 4.79 Å². The smallest absolute Gasteiger partial charge is 0.143 e. The Bertz CT molecular complexity index is 444. The summed E-state index contributed by atoms with van der Waals surface area (Å²) in [5.74, 6) is 0.476. The van der Waals surface area contributed by atoms with Gasteiger partial charge >= 0.3 is 0 Å². The van der Waals surface area contributed by atoms with Crippen molar-refractivity contribution in [2.75, 3.05) is 20.1 Å². The van der Waals surface area contributed by atoms with Crippen LogP contribution in [0, 0.1) is 0 Å². The van der Waals surface area contributed by atoms with Crippen molar-refractivity contribution in [3.8, 4) is 0 Å². The summed E-state index contributed by atoms with van der Waals surface area (Å²) in [5, 5.41) is 0. The molecule has 1 aliphatic carbocycles. The van der Waals surface area contributed by atoms with Gasteiger partial charge in [-0.1, -0.05) is 24.3 Å². The second-order valence-electron chi connectivity index (χ2n) is 5.47. The van der Waals surface area contributed by atoms with Crippen molar-refractivity contribution >= 4 is 5.78 Å². The Morgan fingerprint density at radius 1 is 1.12 bits per heavy atom. The van der Waals surface area contributed by atoms with Crippen LogP contribution in [0.5, 0.6) is 0 Å². The largest absolute Gasteiger partial charge is 0.306 e. The fraction of sp³-hybridized carbons (Fsp3) is 0.533. The second-order valence-corrected chi connectivity index (χ2v) is 5.47. The molecule has 2 aliphatic rings. The normalized spacial score (nSPS) is 23.7. The number of benzene rings is 1. The molecule has 1 saturated heterocycles. The van der Waals surface area contributed by atoms with Crippen LogP contribution in [0.3, 0.4) is 0 Å². The number of Topliss-reactive ketones (excluding diaryl/α,β-unsaturated/α-hetero) is 1. The Morgan fingerprint density at radius 3 is 2.59 bits per heavy atom. The average molecular weight is 229 g/mol. The molecule has 0 aromatic heterocycles. The molecular formula is C15H19NO. The molecule has 1 heterocycles. The molecule has 1 aromatic carbocycles. The molecule has 1 fully saturated rings. The van der Waals surface area contributed by atoms with Crippen LogP contribution in [0.15, 0.2) is 24.3 Å². The molecule has 1 aromatic rings. The summed E-state index contributed by atoms with van der Waals surface area (Å²) in [5.41, 5.74) is 2.57. The van der Waals surface area contributed by atoms with Crippen molar-refractivity contribution in [1.82, 2.24) is 4.90 Å². The van der Waals surface area contributed by atoms with Gasteiger partial charge in [-0.3, -0.25) is 4.79 Å². The first kappa shape index (κ1) is 11.0. The molecule has 2 heteroatoms. The Hall–Kier alpha value is -1.15. The first-order chi connectivity index (χ1) is 8.22. The lowest BCUT2D eigenvalue weighted by atomic mass is 9.64. The van der Waals surface area contributed by atoms with E-state index in [4.69, 9.17) is 0 Å². The topological polar surface area (TPSA) is 20.3 Å². The summed E-state index contributed by atoms with van der Waals surface area (Å²) >= 11 is 0. The van der Waals surface area contributed by atoms with Gasteiger partial charge < -0.3 is 4.90 Å². The molecule has 1 aliphatic heterocycles. The molecule has 0 N–H and O–H groups in total. The molecule has 17 heavy (non-hydrogen) atoms. The average Bonchev–Trinajstić information content (AvgIpc) is 2.37. The summed E-state index contributed by atoms with van der Waals surface area (Å²) in [7, 11) is 2.14. The lowest BCUT2D eigenvalue weighted by Crippen LogP contribution is -2.48. The highest BCUT2D eigenvalue weighted by atomic mass is 16.1. The maximum atomic E-state index is 12.4. The molecule has 2 nitrogen and oxygen atoms in total. The summed E-state index contributed by atoms with van der Waals surface area (Å²) < 4.78 is 0. The third-order valence-corrected chi connectivity index (χ3v) is 4.53. The highest BCUT2D eigenvalue weighted by Gasteiger charge is 2.44. The van der Waals surface area contributed by atoms with E-state index < -0.39 is 0 Å². The van der Waals surface area contributed by atoms with Gasteiger partial charge in [0.2, 0.25) is 0 Å². The number of nitrogens with zero attached hydrogens (tertiary/aromatic N) is 1. The fourth-order valence-corrected chi connectivity index (χ4v) is 3.39. The van der Waals surface area contributed by atoms with E-state index in [-0.39, 0.29) is 5.41 Å². The molecule has 0 radical (unpaired) electrons. The molecule has 0 amide bonds. The van der Waals surface area contributed by atoms with Crippen molar-refractivity contribution in [1.29, 1.82) is 0 Å². The monoisotopic (exact) mass is 229 g/mol. The van der Waals surface area contributed by atoms with E-state index in [2.05, 4.69) is 36.2 Å². The minimum atomic E-state index is -0.151. The van der Waals surface area contributed by atoms with Crippen molar-refractivity contribution in [2.45, 2.75) is 31.1 Å². The number of piperidine rings is 1. The number of carbonyl (C=O) groups excluding carboxylic acids is 1. The number of hydrogen-bond donors (Lipinski definition) is 0. The van der Waals surface area contributed by atoms with Gasteiger partial charge in [0, 0.05) is 6.42 Å². The van der Waals surface area contributed by atoms with E-state index in [0.717, 1.165) is 38.8 Å². The molecule has 0 atom stereocenters. The third kappa shape index (κ3) is 1.62. The van der Waals surface area contributed by atoms with E-state index >= 15 is 0 Å². The van der Waals surface area contributed by atoms with Crippen LogP contribution in [0.25, 0.3) is 0 Å². The zero-order valence-corrected chi connectivity index (χ0v) is 10.4. The number of fused-ring (bicyclic) bond motifs is 2. The van der Waals surface area contributed by atoms with Crippen LogP contribution in [-0.4, -0.2) is 30.8 Å². The molecule has 0 saturated carbocycles. The SMILES string of the molecule is CN1CCC2(CC1)C(=O)CCc1ccccc12. The summed E-state index contributed by atoms with van der Waals surface area (Å²) in [6.45, 7) is 2.08. The Balaban J connectivity index is 2.06. The zero-order valence-electron chi connectivity index (χ0n) is 10.4. The van der Waals surface area contributed by atoms with Crippen LogP contribution in [0.1, 0.15) is 30.4 Å². The van der Waals surface area contributed by atoms with E-state index in [1.54, 1.807) is 0 Å². The van der Waals surface area contributed by atoms with Crippen molar-refractivity contribution in [2.24, 2.45) is 0 Å². The van der Waals surface area contributed by atoms with E-state index in [1.165, 1.54) is 11.1 Å². The fourth-order valence-electron chi connectivity index (χ4n) is 3.39. The predicted molar refractivity (Wildman–Crippen MR) is 68.2 cm³/mol. The number of aryl methyl sites for hydroxylation is 1. The van der Waals surface area contributed by atoms with Gasteiger partial charge in [-0.2, -0.15) is 0 Å². The molecular weight excluding hydrogens is 210 g/mol. The summed E-state index contributed by atoms with van der Waals surface area (Å²) in [4.78, 5) is 14.8. The number of hydrogen-bond acceptors (Lipinski definition) is 2. The standard InChI is InChI=1S/C15H19NO/c1-16-10-8-15(9-11-16)13-5-3-2-4-12(13)6-7-14(15)17/h2-5H,6-11H2,1H3. The van der Waals surface area contributed by atoms with Gasteiger partial charge in [-0.05, 0) is 50.5 Å². The predicted octanol–water partition coefficient (Wildman–Crippen LogP) is 2.17. The van der Waals surface area contributed by atoms with E-state index in [0.29, 0.717) is 5.78 Å². The Kier molecular flexibility index (Phi) is 2.55. The molecule has 0 unspecified atom stereocenters. The quantitative estimate of drug-likeness (QED) is 0.679. The second kappa shape index (κ2) is 3.95. The zero-order chi connectivity index (χ0) is 11.9. The summed E-state index contributed by atoms with van der Waals surface area (Å²) in [6.07, 6.45) is 3.67. The number of rotatable bonds is 0. The van der Waals surface area contributed by atoms with Crippen LogP contribution in [0.2, 0.25) is 0 Å². The molecule has 90 valence electrons. The minimum Gasteiger partial charge on any atom is -0.306 e. The lowest BCUT2D eigenvalue weighted by Gasteiger charge is -2.43. The lowest BCUT2D eigenvalue weighted by molar-refractivity contribution is -0.127. The van der Waals surface area contributed by atoms with Crippen LogP contribution >= 0.6 is 0 Å². The van der Waals surface area contributed by atoms with Crippen LogP contribution < -0.4 is 0 Å². The number of carbonyl (C=O) groups is 1. The van der Waals surface area contributed by atoms with Gasteiger partial charge in [0.1, 0.15) is 5.78 Å². The Morgan fingerprint density at radius 2 is 1.82 bits per heavy atom. The highest BCUT2D eigenvalue weighted by Crippen LogP contribution is 2.42. The third-order valence-electron chi connectivity index (χ3n) is 4.53. The maximum absolute atomic E-state index is 12.4. The summed E-state index contributed by atoms with van der Waals surface area (Å²) in [6, 6.07) is 8.55. The highest BCUT2D eigenvalue weighted by molar-refractivity contribution is 5.92. The van der Waals surface area contributed by atoms with Gasteiger partial charge in [0.05, 0.1) is 5.41 Å². The molecule has 0 bridgehead atoms. The number of likely N-dealkylation sites (tertiary alicyclic amines) is 1.